The summed E-state index contributed by atoms with van der Waals surface area (Å²) in [6.07, 6.45) is 0. The number of hydrogen-bond acceptors (Lipinski definition) is 3. The molecule has 20 heavy (non-hydrogen) atoms. The van der Waals surface area contributed by atoms with Crippen LogP contribution in [0.5, 0.6) is 5.75 Å². The first-order valence-electron chi connectivity index (χ1n) is 6.56. The van der Waals surface area contributed by atoms with Crippen LogP contribution in [-0.2, 0) is 6.54 Å². The summed E-state index contributed by atoms with van der Waals surface area (Å²) >= 11 is 0. The lowest BCUT2D eigenvalue weighted by Gasteiger charge is -2.14. The van der Waals surface area contributed by atoms with E-state index in [1.807, 2.05) is 36.4 Å². The van der Waals surface area contributed by atoms with Crippen molar-refractivity contribution in [1.29, 1.82) is 5.26 Å². The van der Waals surface area contributed by atoms with Crippen LogP contribution >= 0.6 is 0 Å². The molecule has 0 aliphatic rings. The topological polar surface area (TPSA) is 45.0 Å². The maximum Gasteiger partial charge on any atom is 0.121 e. The number of rotatable bonds is 5. The van der Waals surface area contributed by atoms with Gasteiger partial charge in [0.15, 0.2) is 0 Å². The van der Waals surface area contributed by atoms with Crippen LogP contribution in [0.3, 0.4) is 0 Å². The van der Waals surface area contributed by atoms with Crippen molar-refractivity contribution in [2.45, 2.75) is 19.5 Å². The molecule has 3 heteroatoms. The van der Waals surface area contributed by atoms with Crippen LogP contribution in [0.1, 0.15) is 22.7 Å². The SMILES string of the molecule is COc1cccc(C(C#N)NCc2ccccc2C)c1. The molecule has 0 radical (unpaired) electrons. The smallest absolute Gasteiger partial charge is 0.121 e. The zero-order valence-corrected chi connectivity index (χ0v) is 11.8. The van der Waals surface area contributed by atoms with Crippen LogP contribution in [0.15, 0.2) is 48.5 Å². The van der Waals surface area contributed by atoms with Gasteiger partial charge in [0.1, 0.15) is 11.8 Å². The second kappa shape index (κ2) is 6.74. The van der Waals surface area contributed by atoms with Crippen molar-refractivity contribution in [2.24, 2.45) is 0 Å². The predicted octanol–water partition coefficient (Wildman–Crippen LogP) is 3.36. The molecule has 2 aromatic carbocycles. The van der Waals surface area contributed by atoms with Gasteiger partial charge in [0, 0.05) is 6.54 Å². The first kappa shape index (κ1) is 14.1. The number of nitriles is 1. The number of hydrogen-bond donors (Lipinski definition) is 1. The van der Waals surface area contributed by atoms with E-state index in [1.165, 1.54) is 11.1 Å². The van der Waals surface area contributed by atoms with E-state index >= 15 is 0 Å². The van der Waals surface area contributed by atoms with Crippen LogP contribution in [-0.4, -0.2) is 7.11 Å². The molecule has 0 spiro atoms. The Labute approximate surface area is 119 Å². The molecule has 1 atom stereocenters. The summed E-state index contributed by atoms with van der Waals surface area (Å²) in [6, 6.07) is 17.7. The molecule has 2 aromatic rings. The lowest BCUT2D eigenvalue weighted by atomic mass is 10.1. The van der Waals surface area contributed by atoms with Crippen molar-refractivity contribution in [1.82, 2.24) is 5.32 Å². The minimum absolute atomic E-state index is 0.343. The zero-order valence-electron chi connectivity index (χ0n) is 11.8. The van der Waals surface area contributed by atoms with E-state index in [0.29, 0.717) is 6.54 Å². The third-order valence-corrected chi connectivity index (χ3v) is 3.31. The monoisotopic (exact) mass is 266 g/mol. The van der Waals surface area contributed by atoms with Crippen molar-refractivity contribution in [3.05, 3.63) is 65.2 Å². The molecular weight excluding hydrogens is 248 g/mol. The van der Waals surface area contributed by atoms with Gasteiger partial charge in [-0.3, -0.25) is 5.32 Å². The van der Waals surface area contributed by atoms with Gasteiger partial charge in [0.05, 0.1) is 13.2 Å². The van der Waals surface area contributed by atoms with Crippen LogP contribution in [0, 0.1) is 18.3 Å². The summed E-state index contributed by atoms with van der Waals surface area (Å²) in [4.78, 5) is 0. The molecule has 0 amide bonds. The number of ether oxygens (including phenoxy) is 1. The van der Waals surface area contributed by atoms with Gasteiger partial charge in [-0.2, -0.15) is 5.26 Å². The van der Waals surface area contributed by atoms with Crippen molar-refractivity contribution < 1.29 is 4.74 Å². The number of aryl methyl sites for hydroxylation is 1. The standard InChI is InChI=1S/C17H18N2O/c1-13-6-3-4-7-15(13)12-19-17(11-18)14-8-5-9-16(10-14)20-2/h3-10,17,19H,12H2,1-2H3. The normalized spacial score (nSPS) is 11.7. The number of benzene rings is 2. The highest BCUT2D eigenvalue weighted by Gasteiger charge is 2.11. The van der Waals surface area contributed by atoms with E-state index in [2.05, 4.69) is 30.4 Å². The van der Waals surface area contributed by atoms with Gasteiger partial charge in [0.25, 0.3) is 0 Å². The number of nitrogens with zero attached hydrogens (tertiary/aromatic N) is 1. The molecule has 0 saturated carbocycles. The second-order valence-corrected chi connectivity index (χ2v) is 4.65. The molecule has 0 aromatic heterocycles. The summed E-state index contributed by atoms with van der Waals surface area (Å²) in [7, 11) is 1.63. The van der Waals surface area contributed by atoms with Crippen LogP contribution in [0.25, 0.3) is 0 Å². The highest BCUT2D eigenvalue weighted by Crippen LogP contribution is 2.19. The minimum atomic E-state index is -0.343. The predicted molar refractivity (Wildman–Crippen MR) is 79.4 cm³/mol. The van der Waals surface area contributed by atoms with Crippen molar-refractivity contribution in [2.75, 3.05) is 7.11 Å². The Bertz CT molecular complexity index is 616. The molecule has 2 rings (SSSR count). The fourth-order valence-electron chi connectivity index (χ4n) is 2.08. The first-order valence-corrected chi connectivity index (χ1v) is 6.56. The fourth-order valence-corrected chi connectivity index (χ4v) is 2.08. The lowest BCUT2D eigenvalue weighted by Crippen LogP contribution is -2.20. The second-order valence-electron chi connectivity index (χ2n) is 4.65. The average Bonchev–Trinajstić information content (AvgIpc) is 2.50. The number of methoxy groups -OCH3 is 1. The summed E-state index contributed by atoms with van der Waals surface area (Å²) in [5.74, 6) is 0.764. The Kier molecular flexibility index (Phi) is 4.75. The number of nitrogens with one attached hydrogen (secondary N) is 1. The molecule has 0 fully saturated rings. The third-order valence-electron chi connectivity index (χ3n) is 3.31. The Hall–Kier alpha value is -2.31. The summed E-state index contributed by atoms with van der Waals surface area (Å²) in [5, 5.41) is 12.6. The van der Waals surface area contributed by atoms with E-state index in [9.17, 15) is 5.26 Å². The molecule has 3 nitrogen and oxygen atoms in total. The highest BCUT2D eigenvalue weighted by atomic mass is 16.5. The van der Waals surface area contributed by atoms with Crippen LogP contribution in [0.2, 0.25) is 0 Å². The van der Waals surface area contributed by atoms with E-state index < -0.39 is 0 Å². The quantitative estimate of drug-likeness (QED) is 0.902. The van der Waals surface area contributed by atoms with Crippen LogP contribution in [0.4, 0.5) is 0 Å². The molecule has 0 bridgehead atoms. The molecule has 0 aliphatic heterocycles. The van der Waals surface area contributed by atoms with E-state index in [-0.39, 0.29) is 6.04 Å². The Morgan fingerprint density at radius 3 is 2.70 bits per heavy atom. The van der Waals surface area contributed by atoms with E-state index in [0.717, 1.165) is 11.3 Å². The van der Waals surface area contributed by atoms with E-state index in [1.54, 1.807) is 7.11 Å². The maximum atomic E-state index is 9.34. The largest absolute Gasteiger partial charge is 0.497 e. The van der Waals surface area contributed by atoms with Gasteiger partial charge >= 0.3 is 0 Å². The fraction of sp³-hybridized carbons (Fsp3) is 0.235. The summed E-state index contributed by atoms with van der Waals surface area (Å²) in [6.45, 7) is 2.74. The van der Waals surface area contributed by atoms with Gasteiger partial charge in [-0.1, -0.05) is 36.4 Å². The van der Waals surface area contributed by atoms with Crippen molar-refractivity contribution >= 4 is 0 Å². The van der Waals surface area contributed by atoms with E-state index in [4.69, 9.17) is 4.74 Å². The molecule has 0 heterocycles. The Balaban J connectivity index is 2.10. The van der Waals surface area contributed by atoms with Gasteiger partial charge in [-0.25, -0.2) is 0 Å². The minimum Gasteiger partial charge on any atom is -0.497 e. The molecule has 0 aliphatic carbocycles. The Morgan fingerprint density at radius 2 is 2.00 bits per heavy atom. The molecular formula is C17H18N2O. The molecule has 0 saturated heterocycles. The van der Waals surface area contributed by atoms with Crippen molar-refractivity contribution in [3.63, 3.8) is 0 Å². The van der Waals surface area contributed by atoms with Gasteiger partial charge in [-0.15, -0.1) is 0 Å². The Morgan fingerprint density at radius 1 is 1.20 bits per heavy atom. The summed E-state index contributed by atoms with van der Waals surface area (Å²) in [5.41, 5.74) is 3.35. The molecule has 1 N–H and O–H groups in total. The highest BCUT2D eigenvalue weighted by molar-refractivity contribution is 5.33. The zero-order chi connectivity index (χ0) is 14.4. The van der Waals surface area contributed by atoms with Crippen molar-refractivity contribution in [3.8, 4) is 11.8 Å². The van der Waals surface area contributed by atoms with Crippen LogP contribution < -0.4 is 10.1 Å². The lowest BCUT2D eigenvalue weighted by molar-refractivity contribution is 0.413. The third kappa shape index (κ3) is 3.37. The summed E-state index contributed by atoms with van der Waals surface area (Å²) < 4.78 is 5.19. The van der Waals surface area contributed by atoms with Gasteiger partial charge in [-0.05, 0) is 35.7 Å². The first-order chi connectivity index (χ1) is 9.74. The average molecular weight is 266 g/mol. The van der Waals surface area contributed by atoms with Gasteiger partial charge in [0.2, 0.25) is 0 Å². The molecule has 1 unspecified atom stereocenters. The van der Waals surface area contributed by atoms with Gasteiger partial charge < -0.3 is 4.74 Å². The molecule has 102 valence electrons. The maximum absolute atomic E-state index is 9.34.